The third kappa shape index (κ3) is 2.41. The highest BCUT2D eigenvalue weighted by atomic mass is 16.6. The topological polar surface area (TPSA) is 35.5 Å². The van der Waals surface area contributed by atoms with Crippen LogP contribution in [0.3, 0.4) is 0 Å². The van der Waals surface area contributed by atoms with Gasteiger partial charge in [-0.05, 0) is 31.8 Å². The van der Waals surface area contributed by atoms with Crippen LogP contribution in [-0.2, 0) is 14.3 Å². The number of carbonyl (C=O) groups excluding carboxylic acids is 1. The average Bonchev–Trinajstić information content (AvgIpc) is 2.70. The van der Waals surface area contributed by atoms with Crippen LogP contribution in [0.5, 0.6) is 0 Å². The quantitative estimate of drug-likeness (QED) is 0.527. The van der Waals surface area contributed by atoms with E-state index in [9.17, 15) is 4.79 Å². The Morgan fingerprint density at radius 3 is 3.13 bits per heavy atom. The van der Waals surface area contributed by atoms with Crippen molar-refractivity contribution >= 4 is 5.97 Å². The lowest BCUT2D eigenvalue weighted by molar-refractivity contribution is -0.143. The predicted molar refractivity (Wildman–Crippen MR) is 56.1 cm³/mol. The summed E-state index contributed by atoms with van der Waals surface area (Å²) >= 11 is 0. The van der Waals surface area contributed by atoms with Gasteiger partial charge in [0.2, 0.25) is 0 Å². The van der Waals surface area contributed by atoms with Crippen LogP contribution < -0.4 is 0 Å². The third-order valence-electron chi connectivity index (χ3n) is 2.74. The average molecular weight is 208 g/mol. The highest BCUT2D eigenvalue weighted by Crippen LogP contribution is 2.29. The van der Waals surface area contributed by atoms with Gasteiger partial charge in [0.05, 0.1) is 12.7 Å². The molecule has 1 unspecified atom stereocenters. The molecular weight excluding hydrogens is 192 g/mol. The normalized spacial score (nSPS) is 25.7. The molecule has 0 saturated carbocycles. The van der Waals surface area contributed by atoms with E-state index in [4.69, 9.17) is 9.47 Å². The monoisotopic (exact) mass is 208 g/mol. The first-order valence-corrected chi connectivity index (χ1v) is 5.52. The zero-order valence-electron chi connectivity index (χ0n) is 8.99. The summed E-state index contributed by atoms with van der Waals surface area (Å²) in [7, 11) is 0. The standard InChI is InChI=1S/C12H16O3/c1-2-14-10-7-11(15-12(13)8-10)9-5-3-4-6-9/h5,8,11H,2-4,6-7H2,1H3. The molecule has 82 valence electrons. The second-order valence-corrected chi connectivity index (χ2v) is 3.84. The van der Waals surface area contributed by atoms with E-state index in [2.05, 4.69) is 6.08 Å². The van der Waals surface area contributed by atoms with E-state index < -0.39 is 0 Å². The highest BCUT2D eigenvalue weighted by Gasteiger charge is 2.26. The van der Waals surface area contributed by atoms with Gasteiger partial charge in [-0.25, -0.2) is 4.79 Å². The Kier molecular flexibility index (Phi) is 3.09. The summed E-state index contributed by atoms with van der Waals surface area (Å²) in [6, 6.07) is 0. The van der Waals surface area contributed by atoms with Gasteiger partial charge in [0.15, 0.2) is 0 Å². The van der Waals surface area contributed by atoms with Crippen molar-refractivity contribution in [3.8, 4) is 0 Å². The van der Waals surface area contributed by atoms with Crippen molar-refractivity contribution < 1.29 is 14.3 Å². The lowest BCUT2D eigenvalue weighted by Crippen LogP contribution is -2.24. The summed E-state index contributed by atoms with van der Waals surface area (Å²) in [5.74, 6) is 0.481. The number of cyclic esters (lactones) is 1. The molecule has 0 fully saturated rings. The van der Waals surface area contributed by atoms with Crippen molar-refractivity contribution in [3.63, 3.8) is 0 Å². The minimum atomic E-state index is -0.275. The molecule has 0 aromatic carbocycles. The van der Waals surface area contributed by atoms with Crippen molar-refractivity contribution in [1.29, 1.82) is 0 Å². The first kappa shape index (κ1) is 10.3. The zero-order valence-corrected chi connectivity index (χ0v) is 8.99. The molecule has 3 heteroatoms. The van der Waals surface area contributed by atoms with Crippen LogP contribution in [0.1, 0.15) is 32.6 Å². The molecule has 0 radical (unpaired) electrons. The lowest BCUT2D eigenvalue weighted by atomic mass is 10.0. The van der Waals surface area contributed by atoms with Crippen molar-refractivity contribution in [2.24, 2.45) is 0 Å². The van der Waals surface area contributed by atoms with Crippen molar-refractivity contribution in [2.45, 2.75) is 38.7 Å². The smallest absolute Gasteiger partial charge is 0.334 e. The molecule has 1 aliphatic heterocycles. The van der Waals surface area contributed by atoms with Gasteiger partial charge in [-0.15, -0.1) is 0 Å². The Bertz CT molecular complexity index is 315. The molecule has 1 atom stereocenters. The van der Waals surface area contributed by atoms with Crippen molar-refractivity contribution in [3.05, 3.63) is 23.5 Å². The van der Waals surface area contributed by atoms with E-state index in [0.717, 1.165) is 18.6 Å². The zero-order chi connectivity index (χ0) is 10.7. The molecular formula is C12H16O3. The Labute approximate surface area is 89.8 Å². The summed E-state index contributed by atoms with van der Waals surface area (Å²) < 4.78 is 10.7. The van der Waals surface area contributed by atoms with Gasteiger partial charge < -0.3 is 9.47 Å². The number of esters is 1. The first-order valence-electron chi connectivity index (χ1n) is 5.52. The molecule has 2 rings (SSSR count). The summed E-state index contributed by atoms with van der Waals surface area (Å²) in [5.41, 5.74) is 1.26. The predicted octanol–water partition coefficient (Wildman–Crippen LogP) is 2.33. The van der Waals surface area contributed by atoms with Crippen LogP contribution in [0.15, 0.2) is 23.5 Å². The van der Waals surface area contributed by atoms with Gasteiger partial charge in [0.25, 0.3) is 0 Å². The van der Waals surface area contributed by atoms with Gasteiger partial charge in [-0.1, -0.05) is 6.08 Å². The number of allylic oxidation sites excluding steroid dienone is 1. The molecule has 1 heterocycles. The van der Waals surface area contributed by atoms with Crippen molar-refractivity contribution in [2.75, 3.05) is 6.61 Å². The molecule has 15 heavy (non-hydrogen) atoms. The maximum atomic E-state index is 11.3. The fourth-order valence-electron chi connectivity index (χ4n) is 2.07. The minimum Gasteiger partial charge on any atom is -0.498 e. The third-order valence-corrected chi connectivity index (χ3v) is 2.74. The van der Waals surface area contributed by atoms with Gasteiger partial charge in [-0.2, -0.15) is 0 Å². The van der Waals surface area contributed by atoms with E-state index in [1.54, 1.807) is 0 Å². The van der Waals surface area contributed by atoms with E-state index >= 15 is 0 Å². The molecule has 0 aromatic heterocycles. The number of hydrogen-bond acceptors (Lipinski definition) is 3. The second kappa shape index (κ2) is 4.51. The highest BCUT2D eigenvalue weighted by molar-refractivity contribution is 5.83. The van der Waals surface area contributed by atoms with E-state index in [-0.39, 0.29) is 12.1 Å². The maximum Gasteiger partial charge on any atom is 0.334 e. The summed E-state index contributed by atoms with van der Waals surface area (Å²) in [4.78, 5) is 11.3. The van der Waals surface area contributed by atoms with Crippen LogP contribution >= 0.6 is 0 Å². The summed E-state index contributed by atoms with van der Waals surface area (Å²) in [6.07, 6.45) is 7.60. The Hall–Kier alpha value is -1.25. The number of hydrogen-bond donors (Lipinski definition) is 0. The van der Waals surface area contributed by atoms with Crippen molar-refractivity contribution in [1.82, 2.24) is 0 Å². The fourth-order valence-corrected chi connectivity index (χ4v) is 2.07. The summed E-state index contributed by atoms with van der Waals surface area (Å²) in [6.45, 7) is 2.52. The molecule has 1 aliphatic carbocycles. The summed E-state index contributed by atoms with van der Waals surface area (Å²) in [5, 5.41) is 0. The van der Waals surface area contributed by atoms with Crippen LogP contribution in [0.2, 0.25) is 0 Å². The molecule has 0 N–H and O–H groups in total. The van der Waals surface area contributed by atoms with Crippen LogP contribution in [0, 0.1) is 0 Å². The molecule has 0 spiro atoms. The molecule has 0 amide bonds. The van der Waals surface area contributed by atoms with Gasteiger partial charge >= 0.3 is 5.97 Å². The maximum absolute atomic E-state index is 11.3. The van der Waals surface area contributed by atoms with Crippen LogP contribution in [0.4, 0.5) is 0 Å². The fraction of sp³-hybridized carbons (Fsp3) is 0.583. The molecule has 3 nitrogen and oxygen atoms in total. The molecule has 0 bridgehead atoms. The number of carbonyl (C=O) groups is 1. The molecule has 0 aromatic rings. The van der Waals surface area contributed by atoms with E-state index in [1.807, 2.05) is 6.92 Å². The van der Waals surface area contributed by atoms with Crippen LogP contribution in [0.25, 0.3) is 0 Å². The van der Waals surface area contributed by atoms with Gasteiger partial charge in [-0.3, -0.25) is 0 Å². The van der Waals surface area contributed by atoms with Crippen LogP contribution in [-0.4, -0.2) is 18.7 Å². The Morgan fingerprint density at radius 1 is 1.60 bits per heavy atom. The minimum absolute atomic E-state index is 0.0773. The molecule has 0 saturated heterocycles. The molecule has 2 aliphatic rings. The number of ether oxygens (including phenoxy) is 2. The van der Waals surface area contributed by atoms with E-state index in [1.165, 1.54) is 18.1 Å². The lowest BCUT2D eigenvalue weighted by Gasteiger charge is -2.23. The number of rotatable bonds is 3. The SMILES string of the molecule is CCOC1=CC(=O)OC(C2=CCCC2)C1. The van der Waals surface area contributed by atoms with E-state index in [0.29, 0.717) is 13.0 Å². The second-order valence-electron chi connectivity index (χ2n) is 3.84. The Balaban J connectivity index is 2.04. The Morgan fingerprint density at radius 2 is 2.47 bits per heavy atom. The first-order chi connectivity index (χ1) is 7.29. The largest absolute Gasteiger partial charge is 0.498 e. The van der Waals surface area contributed by atoms with Gasteiger partial charge in [0.1, 0.15) is 11.9 Å². The van der Waals surface area contributed by atoms with Gasteiger partial charge in [0, 0.05) is 6.42 Å².